The van der Waals surface area contributed by atoms with Crippen LogP contribution >= 0.6 is 36.4 Å². The third-order valence-corrected chi connectivity index (χ3v) is 2.23. The Hall–Kier alpha value is -0.970. The van der Waals surface area contributed by atoms with Gasteiger partial charge in [0.15, 0.2) is 5.15 Å². The Labute approximate surface area is 117 Å². The van der Waals surface area contributed by atoms with Crippen LogP contribution in [0.1, 0.15) is 6.92 Å². The zero-order valence-corrected chi connectivity index (χ0v) is 11.5. The van der Waals surface area contributed by atoms with E-state index in [1.807, 2.05) is 25.3 Å². The third kappa shape index (κ3) is 3.77. The summed E-state index contributed by atoms with van der Waals surface area (Å²) < 4.78 is 1.70. The highest BCUT2D eigenvalue weighted by molar-refractivity contribution is 6.32. The van der Waals surface area contributed by atoms with Gasteiger partial charge >= 0.3 is 0 Å². The first-order valence-corrected chi connectivity index (χ1v) is 5.08. The number of anilines is 1. The highest BCUT2D eigenvalue weighted by Gasteiger charge is 2.06. The van der Waals surface area contributed by atoms with Crippen molar-refractivity contribution in [3.63, 3.8) is 0 Å². The second kappa shape index (κ2) is 7.37. The second-order valence-corrected chi connectivity index (χ2v) is 3.38. The first-order chi connectivity index (χ1) is 7.31. The molecule has 0 atom stereocenters. The molecule has 0 saturated heterocycles. The lowest BCUT2D eigenvalue weighted by Gasteiger charge is -1.98. The Morgan fingerprint density at radius 2 is 2.18 bits per heavy atom. The molecule has 0 saturated carbocycles. The van der Waals surface area contributed by atoms with Crippen molar-refractivity contribution in [1.29, 1.82) is 0 Å². The SMILES string of the molecule is CCNc1cn(-c2cccnc2)nc1Cl.Cl.Cl. The number of hydrogen-bond acceptors (Lipinski definition) is 3. The zero-order valence-electron chi connectivity index (χ0n) is 9.13. The highest BCUT2D eigenvalue weighted by atomic mass is 35.5. The summed E-state index contributed by atoms with van der Waals surface area (Å²) in [6, 6.07) is 3.78. The van der Waals surface area contributed by atoms with Crippen LogP contribution in [0.2, 0.25) is 5.15 Å². The minimum Gasteiger partial charge on any atom is -0.382 e. The molecule has 4 nitrogen and oxygen atoms in total. The van der Waals surface area contributed by atoms with Gasteiger partial charge in [-0.3, -0.25) is 4.98 Å². The Morgan fingerprint density at radius 1 is 1.41 bits per heavy atom. The molecule has 0 bridgehead atoms. The number of pyridine rings is 1. The van der Waals surface area contributed by atoms with Crippen molar-refractivity contribution >= 4 is 42.1 Å². The molecule has 2 heterocycles. The fraction of sp³-hybridized carbons (Fsp3) is 0.200. The molecule has 2 aromatic heterocycles. The van der Waals surface area contributed by atoms with Gasteiger partial charge in [-0.05, 0) is 19.1 Å². The van der Waals surface area contributed by atoms with Crippen LogP contribution in [-0.4, -0.2) is 21.3 Å². The number of rotatable bonds is 3. The lowest BCUT2D eigenvalue weighted by molar-refractivity contribution is 0.874. The predicted molar refractivity (Wildman–Crippen MR) is 75.0 cm³/mol. The first-order valence-electron chi connectivity index (χ1n) is 4.70. The van der Waals surface area contributed by atoms with Crippen LogP contribution in [0.3, 0.4) is 0 Å². The summed E-state index contributed by atoms with van der Waals surface area (Å²) in [7, 11) is 0. The Balaban J connectivity index is 0.00000128. The maximum absolute atomic E-state index is 5.96. The standard InChI is InChI=1S/C10H11ClN4.2ClH/c1-2-13-9-7-15(14-10(9)11)8-4-3-5-12-6-8;;/h3-7,13H,2H2,1H3;2*1H. The maximum Gasteiger partial charge on any atom is 0.174 e. The summed E-state index contributed by atoms with van der Waals surface area (Å²) in [5, 5.41) is 7.78. The fourth-order valence-electron chi connectivity index (χ4n) is 1.28. The van der Waals surface area contributed by atoms with Crippen molar-refractivity contribution in [3.05, 3.63) is 35.9 Å². The molecule has 2 aromatic rings. The quantitative estimate of drug-likeness (QED) is 0.945. The van der Waals surface area contributed by atoms with E-state index in [0.717, 1.165) is 17.9 Å². The minimum atomic E-state index is 0. The van der Waals surface area contributed by atoms with Gasteiger partial charge < -0.3 is 5.32 Å². The van der Waals surface area contributed by atoms with Crippen molar-refractivity contribution in [2.24, 2.45) is 0 Å². The largest absolute Gasteiger partial charge is 0.382 e. The van der Waals surface area contributed by atoms with E-state index in [1.54, 1.807) is 17.1 Å². The van der Waals surface area contributed by atoms with E-state index in [1.165, 1.54) is 0 Å². The van der Waals surface area contributed by atoms with Crippen molar-refractivity contribution in [1.82, 2.24) is 14.8 Å². The summed E-state index contributed by atoms with van der Waals surface area (Å²) in [6.45, 7) is 2.83. The average Bonchev–Trinajstić information content (AvgIpc) is 2.63. The molecule has 0 fully saturated rings. The van der Waals surface area contributed by atoms with Crippen molar-refractivity contribution in [2.75, 3.05) is 11.9 Å². The van der Waals surface area contributed by atoms with E-state index in [9.17, 15) is 0 Å². The van der Waals surface area contributed by atoms with E-state index in [-0.39, 0.29) is 24.8 Å². The number of nitrogens with one attached hydrogen (secondary N) is 1. The monoisotopic (exact) mass is 294 g/mol. The van der Waals surface area contributed by atoms with E-state index in [0.29, 0.717) is 5.15 Å². The van der Waals surface area contributed by atoms with Crippen LogP contribution in [0.5, 0.6) is 0 Å². The topological polar surface area (TPSA) is 42.7 Å². The van der Waals surface area contributed by atoms with E-state index >= 15 is 0 Å². The summed E-state index contributed by atoms with van der Waals surface area (Å²) in [6.07, 6.45) is 5.31. The number of hydrogen-bond donors (Lipinski definition) is 1. The van der Waals surface area contributed by atoms with Crippen molar-refractivity contribution in [3.8, 4) is 5.69 Å². The molecular formula is C10H13Cl3N4. The molecule has 0 aromatic carbocycles. The Kier molecular flexibility index (Phi) is 6.95. The van der Waals surface area contributed by atoms with Gasteiger partial charge in [-0.25, -0.2) is 4.68 Å². The lowest BCUT2D eigenvalue weighted by atomic mass is 10.4. The van der Waals surface area contributed by atoms with Gasteiger partial charge in [-0.15, -0.1) is 24.8 Å². The molecule has 2 rings (SSSR count). The fourth-order valence-corrected chi connectivity index (χ4v) is 1.48. The molecule has 0 aliphatic heterocycles. The number of aromatic nitrogens is 3. The van der Waals surface area contributed by atoms with Crippen LogP contribution in [0.25, 0.3) is 5.69 Å². The van der Waals surface area contributed by atoms with Crippen LogP contribution in [0.4, 0.5) is 5.69 Å². The normalized spacial score (nSPS) is 9.06. The Morgan fingerprint density at radius 3 is 2.76 bits per heavy atom. The third-order valence-electron chi connectivity index (χ3n) is 1.95. The second-order valence-electron chi connectivity index (χ2n) is 3.02. The van der Waals surface area contributed by atoms with Gasteiger partial charge in [0.25, 0.3) is 0 Å². The van der Waals surface area contributed by atoms with E-state index < -0.39 is 0 Å². The molecule has 0 spiro atoms. The van der Waals surface area contributed by atoms with E-state index in [4.69, 9.17) is 11.6 Å². The molecule has 7 heteroatoms. The molecule has 0 unspecified atom stereocenters. The molecule has 0 radical (unpaired) electrons. The van der Waals surface area contributed by atoms with Crippen molar-refractivity contribution < 1.29 is 0 Å². The molecule has 17 heavy (non-hydrogen) atoms. The van der Waals surface area contributed by atoms with Gasteiger partial charge in [0.1, 0.15) is 0 Å². The van der Waals surface area contributed by atoms with Gasteiger partial charge in [0.05, 0.1) is 23.8 Å². The van der Waals surface area contributed by atoms with Gasteiger partial charge in [0, 0.05) is 12.7 Å². The van der Waals surface area contributed by atoms with Gasteiger partial charge in [-0.1, -0.05) is 11.6 Å². The maximum atomic E-state index is 5.96. The van der Waals surface area contributed by atoms with Crippen LogP contribution in [0.15, 0.2) is 30.7 Å². The smallest absolute Gasteiger partial charge is 0.174 e. The summed E-state index contributed by atoms with van der Waals surface area (Å²) in [5.74, 6) is 0. The van der Waals surface area contributed by atoms with Crippen LogP contribution in [-0.2, 0) is 0 Å². The highest BCUT2D eigenvalue weighted by Crippen LogP contribution is 2.20. The lowest BCUT2D eigenvalue weighted by Crippen LogP contribution is -1.96. The van der Waals surface area contributed by atoms with E-state index in [2.05, 4.69) is 15.4 Å². The number of halogens is 3. The number of nitrogens with zero attached hydrogens (tertiary/aromatic N) is 3. The van der Waals surface area contributed by atoms with Crippen LogP contribution in [0, 0.1) is 0 Å². The first kappa shape index (κ1) is 16.0. The Bertz CT molecular complexity index is 444. The molecule has 0 aliphatic carbocycles. The molecule has 0 aliphatic rings. The predicted octanol–water partition coefficient (Wildman–Crippen LogP) is 3.20. The van der Waals surface area contributed by atoms with Gasteiger partial charge in [0.2, 0.25) is 0 Å². The van der Waals surface area contributed by atoms with Gasteiger partial charge in [-0.2, -0.15) is 5.10 Å². The zero-order chi connectivity index (χ0) is 10.7. The molecule has 1 N–H and O–H groups in total. The summed E-state index contributed by atoms with van der Waals surface area (Å²) in [5.41, 5.74) is 1.73. The average molecular weight is 296 g/mol. The summed E-state index contributed by atoms with van der Waals surface area (Å²) >= 11 is 5.96. The summed E-state index contributed by atoms with van der Waals surface area (Å²) in [4.78, 5) is 4.02. The molecular weight excluding hydrogens is 282 g/mol. The molecule has 0 amide bonds. The minimum absolute atomic E-state index is 0. The molecule has 94 valence electrons. The van der Waals surface area contributed by atoms with Crippen LogP contribution < -0.4 is 5.32 Å². The van der Waals surface area contributed by atoms with Crippen molar-refractivity contribution in [2.45, 2.75) is 6.92 Å².